The molecule has 1 N–H and O–H groups in total. The van der Waals surface area contributed by atoms with Crippen LogP contribution < -0.4 is 19.6 Å². The minimum absolute atomic E-state index is 0. The van der Waals surface area contributed by atoms with Gasteiger partial charge in [0.05, 0.1) is 21.3 Å². The Morgan fingerprint density at radius 3 is 2.04 bits per heavy atom. The summed E-state index contributed by atoms with van der Waals surface area (Å²) in [5.41, 5.74) is 3.38. The summed E-state index contributed by atoms with van der Waals surface area (Å²) >= 11 is 0. The van der Waals surface area contributed by atoms with Crippen molar-refractivity contribution in [2.24, 2.45) is 0 Å². The molecule has 0 unspecified atom stereocenters. The van der Waals surface area contributed by atoms with Crippen molar-refractivity contribution >= 4 is 24.1 Å². The predicted octanol–water partition coefficient (Wildman–Crippen LogP) is 1.77. The number of carbonyl (C=O) groups is 2. The molecule has 1 aromatic rings. The van der Waals surface area contributed by atoms with Gasteiger partial charge in [0.2, 0.25) is 11.7 Å². The quantitative estimate of drug-likeness (QED) is 0.615. The van der Waals surface area contributed by atoms with Gasteiger partial charge in [0.25, 0.3) is 0 Å². The number of hydrazine groups is 1. The van der Waals surface area contributed by atoms with E-state index >= 15 is 0 Å². The lowest BCUT2D eigenvalue weighted by atomic mass is 10.0. The summed E-state index contributed by atoms with van der Waals surface area (Å²) in [6.45, 7) is 3.49. The fraction of sp³-hybridized carbons (Fsp3) is 0.579. The second kappa shape index (κ2) is 11.7. The van der Waals surface area contributed by atoms with Crippen molar-refractivity contribution in [3.05, 3.63) is 17.7 Å². The van der Waals surface area contributed by atoms with E-state index in [0.29, 0.717) is 35.7 Å². The first-order chi connectivity index (χ1) is 13.0. The predicted molar refractivity (Wildman–Crippen MR) is 109 cm³/mol. The third-order valence-corrected chi connectivity index (χ3v) is 4.58. The third kappa shape index (κ3) is 6.54. The van der Waals surface area contributed by atoms with Crippen LogP contribution >= 0.6 is 12.4 Å². The Kier molecular flexibility index (Phi) is 10.1. The molecule has 1 amide bonds. The van der Waals surface area contributed by atoms with Crippen LogP contribution in [0.2, 0.25) is 0 Å². The Labute approximate surface area is 172 Å². The van der Waals surface area contributed by atoms with Gasteiger partial charge >= 0.3 is 0 Å². The molecular weight excluding hydrogens is 386 g/mol. The summed E-state index contributed by atoms with van der Waals surface area (Å²) in [6.07, 6.45) is 1.06. The fourth-order valence-corrected chi connectivity index (χ4v) is 2.95. The molecule has 1 saturated heterocycles. The van der Waals surface area contributed by atoms with E-state index in [2.05, 4.69) is 17.4 Å². The van der Waals surface area contributed by atoms with E-state index in [1.165, 1.54) is 21.3 Å². The Bertz CT molecular complexity index is 638. The number of ketones is 1. The monoisotopic (exact) mass is 415 g/mol. The van der Waals surface area contributed by atoms with Gasteiger partial charge in [-0.3, -0.25) is 15.0 Å². The highest BCUT2D eigenvalue weighted by Gasteiger charge is 2.18. The van der Waals surface area contributed by atoms with E-state index in [4.69, 9.17) is 14.2 Å². The van der Waals surface area contributed by atoms with Gasteiger partial charge in [-0.05, 0) is 25.6 Å². The SMILES string of the molecule is COc1cc(C(=O)CCCC(=O)NN2CCN(C)CC2)cc(OC)c1OC.Cl. The van der Waals surface area contributed by atoms with Crippen molar-refractivity contribution in [1.82, 2.24) is 15.3 Å². The van der Waals surface area contributed by atoms with E-state index in [-0.39, 0.29) is 30.5 Å². The van der Waals surface area contributed by atoms with Crippen LogP contribution in [0.1, 0.15) is 29.6 Å². The lowest BCUT2D eigenvalue weighted by Crippen LogP contribution is -2.52. The van der Waals surface area contributed by atoms with Crippen LogP contribution in [-0.2, 0) is 4.79 Å². The number of hydrogen-bond donors (Lipinski definition) is 1. The molecule has 1 aromatic carbocycles. The van der Waals surface area contributed by atoms with Crippen LogP contribution in [0.5, 0.6) is 17.2 Å². The number of halogens is 1. The zero-order valence-corrected chi connectivity index (χ0v) is 17.8. The lowest BCUT2D eigenvalue weighted by Gasteiger charge is -2.32. The van der Waals surface area contributed by atoms with Gasteiger partial charge in [-0.15, -0.1) is 12.4 Å². The van der Waals surface area contributed by atoms with Crippen molar-refractivity contribution in [2.45, 2.75) is 19.3 Å². The Hall–Kier alpha value is -2.03. The van der Waals surface area contributed by atoms with Crippen LogP contribution in [0.3, 0.4) is 0 Å². The van der Waals surface area contributed by atoms with Gasteiger partial charge < -0.3 is 19.1 Å². The van der Waals surface area contributed by atoms with Crippen LogP contribution in [0, 0.1) is 0 Å². The minimum Gasteiger partial charge on any atom is -0.493 e. The first-order valence-electron chi connectivity index (χ1n) is 9.04. The van der Waals surface area contributed by atoms with Gasteiger partial charge in [0.1, 0.15) is 0 Å². The van der Waals surface area contributed by atoms with Gasteiger partial charge in [-0.25, -0.2) is 5.01 Å². The number of benzene rings is 1. The number of methoxy groups -OCH3 is 3. The fourth-order valence-electron chi connectivity index (χ4n) is 2.95. The highest BCUT2D eigenvalue weighted by atomic mass is 35.5. The second-order valence-electron chi connectivity index (χ2n) is 6.52. The Morgan fingerprint density at radius 2 is 1.54 bits per heavy atom. The smallest absolute Gasteiger partial charge is 0.234 e. The van der Waals surface area contributed by atoms with Gasteiger partial charge in [0.15, 0.2) is 17.3 Å². The molecule has 0 bridgehead atoms. The standard InChI is InChI=1S/C19H29N3O5.ClH/c1-21-8-10-22(11-9-21)20-18(24)7-5-6-15(23)14-12-16(25-2)19(27-4)17(13-14)26-3;/h12-13H,5-11H2,1-4H3,(H,20,24);1H. The molecule has 0 aromatic heterocycles. The van der Waals surface area contributed by atoms with E-state index in [1.807, 2.05) is 5.01 Å². The van der Waals surface area contributed by atoms with Gasteiger partial charge in [0, 0.05) is 44.6 Å². The van der Waals surface area contributed by atoms with Crippen molar-refractivity contribution in [3.8, 4) is 17.2 Å². The van der Waals surface area contributed by atoms with Crippen LogP contribution in [0.25, 0.3) is 0 Å². The molecule has 2 rings (SSSR count). The van der Waals surface area contributed by atoms with E-state index < -0.39 is 0 Å². The molecule has 1 aliphatic rings. The van der Waals surface area contributed by atoms with Crippen molar-refractivity contribution < 1.29 is 23.8 Å². The summed E-state index contributed by atoms with van der Waals surface area (Å²) in [5.74, 6) is 1.20. The first kappa shape index (κ1) is 24.0. The number of nitrogens with zero attached hydrogens (tertiary/aromatic N) is 2. The number of ether oxygens (including phenoxy) is 3. The molecule has 1 heterocycles. The molecule has 0 radical (unpaired) electrons. The number of piperazine rings is 1. The number of rotatable bonds is 9. The van der Waals surface area contributed by atoms with Crippen molar-refractivity contribution in [3.63, 3.8) is 0 Å². The summed E-state index contributed by atoms with van der Waals surface area (Å²) in [7, 11) is 6.59. The molecule has 0 saturated carbocycles. The maximum absolute atomic E-state index is 12.5. The average Bonchev–Trinajstić information content (AvgIpc) is 2.68. The number of nitrogens with one attached hydrogen (secondary N) is 1. The van der Waals surface area contributed by atoms with E-state index in [9.17, 15) is 9.59 Å². The largest absolute Gasteiger partial charge is 0.493 e. The highest BCUT2D eigenvalue weighted by molar-refractivity contribution is 5.97. The molecule has 1 aliphatic heterocycles. The van der Waals surface area contributed by atoms with Crippen LogP contribution in [-0.4, -0.2) is 76.2 Å². The topological polar surface area (TPSA) is 80.3 Å². The molecule has 0 atom stereocenters. The third-order valence-electron chi connectivity index (χ3n) is 4.58. The summed E-state index contributed by atoms with van der Waals surface area (Å²) in [4.78, 5) is 26.8. The number of amides is 1. The summed E-state index contributed by atoms with van der Waals surface area (Å²) in [6, 6.07) is 3.27. The number of carbonyl (C=O) groups excluding carboxylic acids is 2. The minimum atomic E-state index is -0.0679. The first-order valence-corrected chi connectivity index (χ1v) is 9.04. The molecule has 1 fully saturated rings. The number of Topliss-reactive ketones (excluding diaryl/α,β-unsaturated/α-hetero) is 1. The second-order valence-corrected chi connectivity index (χ2v) is 6.52. The van der Waals surface area contributed by atoms with Crippen LogP contribution in [0.4, 0.5) is 0 Å². The summed E-state index contributed by atoms with van der Waals surface area (Å²) in [5, 5.41) is 1.93. The average molecular weight is 416 g/mol. The normalized spacial score (nSPS) is 14.7. The molecule has 8 nitrogen and oxygen atoms in total. The Balaban J connectivity index is 0.00000392. The van der Waals surface area contributed by atoms with Crippen molar-refractivity contribution in [1.29, 1.82) is 0 Å². The Morgan fingerprint density at radius 1 is 0.964 bits per heavy atom. The molecule has 0 spiro atoms. The maximum Gasteiger partial charge on any atom is 0.234 e. The highest BCUT2D eigenvalue weighted by Crippen LogP contribution is 2.38. The molecule has 0 aliphatic carbocycles. The molecule has 28 heavy (non-hydrogen) atoms. The van der Waals surface area contributed by atoms with Crippen molar-refractivity contribution in [2.75, 3.05) is 54.6 Å². The van der Waals surface area contributed by atoms with Crippen LogP contribution in [0.15, 0.2) is 12.1 Å². The maximum atomic E-state index is 12.5. The van der Waals surface area contributed by atoms with Gasteiger partial charge in [-0.2, -0.15) is 0 Å². The van der Waals surface area contributed by atoms with Gasteiger partial charge in [-0.1, -0.05) is 0 Å². The molecule has 158 valence electrons. The lowest BCUT2D eigenvalue weighted by molar-refractivity contribution is -0.126. The number of hydrogen-bond acceptors (Lipinski definition) is 7. The van der Waals surface area contributed by atoms with E-state index in [1.54, 1.807) is 12.1 Å². The number of likely N-dealkylation sites (N-methyl/N-ethyl adjacent to an activating group) is 1. The van der Waals surface area contributed by atoms with E-state index in [0.717, 1.165) is 26.2 Å². The summed E-state index contributed by atoms with van der Waals surface area (Å²) < 4.78 is 15.8. The molecule has 9 heteroatoms. The molecular formula is C19H30ClN3O5. The zero-order chi connectivity index (χ0) is 19.8. The zero-order valence-electron chi connectivity index (χ0n) is 16.9.